The van der Waals surface area contributed by atoms with Crippen molar-refractivity contribution in [2.24, 2.45) is 0 Å². The number of nitrogens with one attached hydrogen (secondary N) is 2. The number of aromatic carboxylic acids is 1. The number of methoxy groups -OCH3 is 1. The quantitative estimate of drug-likeness (QED) is 0.432. The summed E-state index contributed by atoms with van der Waals surface area (Å²) in [6.07, 6.45) is 3.07. The van der Waals surface area contributed by atoms with E-state index in [1.807, 2.05) is 0 Å². The van der Waals surface area contributed by atoms with Gasteiger partial charge in [-0.3, -0.25) is 4.98 Å². The van der Waals surface area contributed by atoms with E-state index in [9.17, 15) is 14.3 Å². The highest BCUT2D eigenvalue weighted by Gasteiger charge is 2.16. The van der Waals surface area contributed by atoms with Gasteiger partial charge >= 0.3 is 5.97 Å². The summed E-state index contributed by atoms with van der Waals surface area (Å²) in [7, 11) is 1.37. The number of halogens is 2. The van der Waals surface area contributed by atoms with Crippen molar-refractivity contribution in [2.45, 2.75) is 0 Å². The number of fused-ring (bicyclic) bond motifs is 1. The van der Waals surface area contributed by atoms with E-state index in [0.717, 1.165) is 10.9 Å². The molecule has 0 radical (unpaired) electrons. The molecule has 0 bridgehead atoms. The third-order valence-electron chi connectivity index (χ3n) is 4.28. The zero-order valence-corrected chi connectivity index (χ0v) is 15.8. The molecule has 0 unspecified atom stereocenters. The number of hydrogen-bond acceptors (Lipinski definition) is 5. The SMILES string of the molecule is COc1cc(Nc2cncc(-c3cc4cc(F)ccc4[nH]3)n2)c(Cl)cc1C(=O)O. The number of nitrogens with zero attached hydrogens (tertiary/aromatic N) is 2. The van der Waals surface area contributed by atoms with Crippen molar-refractivity contribution in [1.82, 2.24) is 15.0 Å². The van der Waals surface area contributed by atoms with Crippen LogP contribution in [0.5, 0.6) is 5.75 Å². The van der Waals surface area contributed by atoms with Crippen LogP contribution in [0.25, 0.3) is 22.3 Å². The molecule has 7 nitrogen and oxygen atoms in total. The Morgan fingerprint density at radius 3 is 2.83 bits per heavy atom. The van der Waals surface area contributed by atoms with E-state index in [-0.39, 0.29) is 22.2 Å². The van der Waals surface area contributed by atoms with E-state index in [1.54, 1.807) is 18.3 Å². The molecule has 0 atom stereocenters. The first-order valence-corrected chi connectivity index (χ1v) is 8.81. The van der Waals surface area contributed by atoms with Crippen molar-refractivity contribution in [3.63, 3.8) is 0 Å². The topological polar surface area (TPSA) is 100 Å². The van der Waals surface area contributed by atoms with Gasteiger partial charge in [0.1, 0.15) is 28.6 Å². The molecule has 9 heteroatoms. The lowest BCUT2D eigenvalue weighted by Crippen LogP contribution is -2.03. The number of aromatic nitrogens is 3. The third kappa shape index (κ3) is 3.70. The molecule has 0 aliphatic heterocycles. The van der Waals surface area contributed by atoms with Crippen LogP contribution in [0.4, 0.5) is 15.9 Å². The molecule has 29 heavy (non-hydrogen) atoms. The zero-order chi connectivity index (χ0) is 20.5. The molecule has 146 valence electrons. The second-order valence-electron chi connectivity index (χ2n) is 6.17. The molecule has 2 aromatic carbocycles. The van der Waals surface area contributed by atoms with Crippen LogP contribution in [0.15, 0.2) is 48.8 Å². The van der Waals surface area contributed by atoms with Gasteiger partial charge in [0.25, 0.3) is 0 Å². The molecule has 0 saturated carbocycles. The second kappa shape index (κ2) is 7.40. The summed E-state index contributed by atoms with van der Waals surface area (Å²) in [5.41, 5.74) is 2.36. The van der Waals surface area contributed by atoms with E-state index in [1.165, 1.54) is 37.6 Å². The molecule has 4 rings (SSSR count). The average molecular weight is 413 g/mol. The van der Waals surface area contributed by atoms with Crippen molar-refractivity contribution < 1.29 is 19.0 Å². The van der Waals surface area contributed by atoms with E-state index in [2.05, 4.69) is 20.3 Å². The molecular weight excluding hydrogens is 399 g/mol. The van der Waals surface area contributed by atoms with Crippen molar-refractivity contribution in [3.05, 3.63) is 65.2 Å². The van der Waals surface area contributed by atoms with Gasteiger partial charge in [0.15, 0.2) is 0 Å². The standard InChI is InChI=1S/C20H14ClFN4O3/c1-29-18-7-15(13(21)6-12(18)20(27)28)25-19-9-23-8-17(26-19)16-5-10-4-11(22)2-3-14(10)24-16/h2-9,24H,1H3,(H,25,26)(H,27,28). The number of hydrogen-bond donors (Lipinski definition) is 3. The highest BCUT2D eigenvalue weighted by Crippen LogP contribution is 2.33. The number of rotatable bonds is 5. The van der Waals surface area contributed by atoms with Crippen LogP contribution >= 0.6 is 11.6 Å². The van der Waals surface area contributed by atoms with E-state index < -0.39 is 5.97 Å². The summed E-state index contributed by atoms with van der Waals surface area (Å²) < 4.78 is 18.5. The van der Waals surface area contributed by atoms with Crippen LogP contribution < -0.4 is 10.1 Å². The van der Waals surface area contributed by atoms with Gasteiger partial charge in [0, 0.05) is 17.0 Å². The number of carboxylic acid groups (broad SMARTS) is 1. The van der Waals surface area contributed by atoms with Crippen LogP contribution in [-0.4, -0.2) is 33.1 Å². The maximum absolute atomic E-state index is 13.4. The smallest absolute Gasteiger partial charge is 0.339 e. The Hall–Kier alpha value is -3.65. The van der Waals surface area contributed by atoms with Gasteiger partial charge in [0.2, 0.25) is 0 Å². The van der Waals surface area contributed by atoms with E-state index in [4.69, 9.17) is 16.3 Å². The average Bonchev–Trinajstić information content (AvgIpc) is 3.12. The molecule has 0 aliphatic rings. The van der Waals surface area contributed by atoms with Gasteiger partial charge in [-0.05, 0) is 30.3 Å². The first kappa shape index (κ1) is 18.7. The molecule has 0 fully saturated rings. The second-order valence-corrected chi connectivity index (χ2v) is 6.57. The number of aromatic amines is 1. The number of ether oxygens (including phenoxy) is 1. The predicted octanol–water partition coefficient (Wildman–Crippen LogP) is 4.87. The van der Waals surface area contributed by atoms with E-state index >= 15 is 0 Å². The molecule has 0 saturated heterocycles. The lowest BCUT2D eigenvalue weighted by Gasteiger charge is -2.12. The van der Waals surface area contributed by atoms with Crippen molar-refractivity contribution in [2.75, 3.05) is 12.4 Å². The Bertz CT molecular complexity index is 1240. The minimum absolute atomic E-state index is 0.0480. The fourth-order valence-corrected chi connectivity index (χ4v) is 3.13. The monoisotopic (exact) mass is 412 g/mol. The highest BCUT2D eigenvalue weighted by molar-refractivity contribution is 6.33. The molecule has 2 aromatic heterocycles. The van der Waals surface area contributed by atoms with Gasteiger partial charge in [-0.25, -0.2) is 14.2 Å². The summed E-state index contributed by atoms with van der Waals surface area (Å²) >= 11 is 6.21. The van der Waals surface area contributed by atoms with Gasteiger partial charge in [-0.2, -0.15) is 0 Å². The third-order valence-corrected chi connectivity index (χ3v) is 4.59. The van der Waals surface area contributed by atoms with Crippen LogP contribution in [0, 0.1) is 5.82 Å². The lowest BCUT2D eigenvalue weighted by atomic mass is 10.2. The van der Waals surface area contributed by atoms with Crippen LogP contribution in [0.2, 0.25) is 5.02 Å². The number of H-pyrrole nitrogens is 1. The van der Waals surface area contributed by atoms with Crippen molar-refractivity contribution in [3.8, 4) is 17.1 Å². The molecule has 0 spiro atoms. The normalized spacial score (nSPS) is 10.9. The molecule has 2 heterocycles. The van der Waals surface area contributed by atoms with Crippen LogP contribution in [0.1, 0.15) is 10.4 Å². The highest BCUT2D eigenvalue weighted by atomic mass is 35.5. The Labute approximate surface area is 169 Å². The molecule has 4 aromatic rings. The van der Waals surface area contributed by atoms with Gasteiger partial charge < -0.3 is 20.1 Å². The number of carbonyl (C=O) groups is 1. The molecular formula is C20H14ClFN4O3. The Kier molecular flexibility index (Phi) is 4.77. The summed E-state index contributed by atoms with van der Waals surface area (Å²) in [5, 5.41) is 13.2. The number of benzene rings is 2. The Morgan fingerprint density at radius 1 is 1.24 bits per heavy atom. The van der Waals surface area contributed by atoms with Gasteiger partial charge in [0.05, 0.1) is 35.9 Å². The fraction of sp³-hybridized carbons (Fsp3) is 0.0500. The molecule has 0 amide bonds. The van der Waals surface area contributed by atoms with Gasteiger partial charge in [-0.1, -0.05) is 11.6 Å². The summed E-state index contributed by atoms with van der Waals surface area (Å²) in [5.74, 6) is -0.921. The largest absolute Gasteiger partial charge is 0.496 e. The summed E-state index contributed by atoms with van der Waals surface area (Å²) in [6.45, 7) is 0. The summed E-state index contributed by atoms with van der Waals surface area (Å²) in [4.78, 5) is 23.1. The minimum atomic E-state index is -1.15. The lowest BCUT2D eigenvalue weighted by molar-refractivity contribution is 0.0693. The Balaban J connectivity index is 1.68. The summed E-state index contributed by atoms with van der Waals surface area (Å²) in [6, 6.07) is 9.02. The Morgan fingerprint density at radius 2 is 2.07 bits per heavy atom. The first-order chi connectivity index (χ1) is 13.9. The van der Waals surface area contributed by atoms with Gasteiger partial charge in [-0.15, -0.1) is 0 Å². The number of carboxylic acids is 1. The fourth-order valence-electron chi connectivity index (χ4n) is 2.92. The number of anilines is 2. The van der Waals surface area contributed by atoms with Crippen LogP contribution in [-0.2, 0) is 0 Å². The van der Waals surface area contributed by atoms with E-state index in [0.29, 0.717) is 22.9 Å². The molecule has 0 aliphatic carbocycles. The first-order valence-electron chi connectivity index (χ1n) is 8.43. The van der Waals surface area contributed by atoms with Crippen LogP contribution in [0.3, 0.4) is 0 Å². The maximum Gasteiger partial charge on any atom is 0.339 e. The maximum atomic E-state index is 13.4. The minimum Gasteiger partial charge on any atom is -0.496 e. The van der Waals surface area contributed by atoms with Crippen molar-refractivity contribution in [1.29, 1.82) is 0 Å². The zero-order valence-electron chi connectivity index (χ0n) is 15.0. The molecule has 3 N–H and O–H groups in total. The van der Waals surface area contributed by atoms with Crippen molar-refractivity contribution >= 4 is 40.0 Å². The predicted molar refractivity (Wildman–Crippen MR) is 108 cm³/mol.